The van der Waals surface area contributed by atoms with E-state index in [1.165, 1.54) is 14.2 Å². The van der Waals surface area contributed by atoms with Gasteiger partial charge in [0.1, 0.15) is 11.5 Å². The second-order valence-electron chi connectivity index (χ2n) is 4.07. The molecule has 0 unspecified atom stereocenters. The SMILES string of the molecule is COc1cc(OC)cc(C(=O)Nc2cccc(Cl)c2)c1. The van der Waals surface area contributed by atoms with Crippen LogP contribution in [0.4, 0.5) is 5.69 Å². The maximum atomic E-state index is 12.2. The number of hydrogen-bond donors (Lipinski definition) is 1. The van der Waals surface area contributed by atoms with Crippen molar-refractivity contribution in [3.8, 4) is 11.5 Å². The quantitative estimate of drug-likeness (QED) is 0.936. The first-order valence-corrected chi connectivity index (χ1v) is 6.30. The van der Waals surface area contributed by atoms with Gasteiger partial charge in [0.15, 0.2) is 0 Å². The molecule has 2 aromatic carbocycles. The van der Waals surface area contributed by atoms with E-state index in [1.54, 1.807) is 42.5 Å². The van der Waals surface area contributed by atoms with Crippen LogP contribution < -0.4 is 14.8 Å². The Labute approximate surface area is 122 Å². The molecular formula is C15H14ClNO3. The number of benzene rings is 2. The average Bonchev–Trinajstić information content (AvgIpc) is 2.46. The Kier molecular flexibility index (Phi) is 4.48. The average molecular weight is 292 g/mol. The number of anilines is 1. The molecule has 0 heterocycles. The molecule has 0 saturated carbocycles. The van der Waals surface area contributed by atoms with E-state index < -0.39 is 0 Å². The Morgan fingerprint density at radius 2 is 1.70 bits per heavy atom. The number of ether oxygens (including phenoxy) is 2. The van der Waals surface area contributed by atoms with E-state index in [1.807, 2.05) is 0 Å². The van der Waals surface area contributed by atoms with Gasteiger partial charge in [-0.15, -0.1) is 0 Å². The van der Waals surface area contributed by atoms with Crippen LogP contribution in [-0.4, -0.2) is 20.1 Å². The van der Waals surface area contributed by atoms with E-state index in [4.69, 9.17) is 21.1 Å². The fourth-order valence-corrected chi connectivity index (χ4v) is 1.90. The zero-order valence-electron chi connectivity index (χ0n) is 11.1. The molecule has 104 valence electrons. The third kappa shape index (κ3) is 3.42. The van der Waals surface area contributed by atoms with Gasteiger partial charge >= 0.3 is 0 Å². The molecule has 20 heavy (non-hydrogen) atoms. The largest absolute Gasteiger partial charge is 0.497 e. The third-order valence-corrected chi connectivity index (χ3v) is 2.93. The summed E-state index contributed by atoms with van der Waals surface area (Å²) in [6.45, 7) is 0. The molecule has 0 aromatic heterocycles. The Balaban J connectivity index is 2.24. The van der Waals surface area contributed by atoms with Crippen LogP contribution in [0, 0.1) is 0 Å². The molecule has 0 radical (unpaired) electrons. The number of carbonyl (C=O) groups excluding carboxylic acids is 1. The molecule has 0 aliphatic rings. The van der Waals surface area contributed by atoms with Crippen LogP contribution in [0.1, 0.15) is 10.4 Å². The second kappa shape index (κ2) is 6.30. The van der Waals surface area contributed by atoms with Crippen molar-refractivity contribution in [2.45, 2.75) is 0 Å². The molecule has 5 heteroatoms. The highest BCUT2D eigenvalue weighted by Gasteiger charge is 2.10. The molecule has 2 rings (SSSR count). The topological polar surface area (TPSA) is 47.6 Å². The lowest BCUT2D eigenvalue weighted by atomic mass is 10.2. The normalized spacial score (nSPS) is 9.95. The van der Waals surface area contributed by atoms with Gasteiger partial charge in [0.05, 0.1) is 14.2 Å². The predicted molar refractivity (Wildman–Crippen MR) is 79.0 cm³/mol. The molecule has 0 bridgehead atoms. The van der Waals surface area contributed by atoms with Crippen LogP contribution >= 0.6 is 11.6 Å². The third-order valence-electron chi connectivity index (χ3n) is 2.70. The lowest BCUT2D eigenvalue weighted by Gasteiger charge is -2.09. The monoisotopic (exact) mass is 291 g/mol. The summed E-state index contributed by atoms with van der Waals surface area (Å²) < 4.78 is 10.3. The lowest BCUT2D eigenvalue weighted by molar-refractivity contribution is 0.102. The fourth-order valence-electron chi connectivity index (χ4n) is 1.71. The van der Waals surface area contributed by atoms with Gasteiger partial charge in [-0.2, -0.15) is 0 Å². The van der Waals surface area contributed by atoms with E-state index in [9.17, 15) is 4.79 Å². The van der Waals surface area contributed by atoms with Crippen molar-refractivity contribution in [2.24, 2.45) is 0 Å². The van der Waals surface area contributed by atoms with E-state index >= 15 is 0 Å². The number of halogens is 1. The summed E-state index contributed by atoms with van der Waals surface area (Å²) in [6, 6.07) is 11.9. The van der Waals surface area contributed by atoms with Gasteiger partial charge in [-0.1, -0.05) is 17.7 Å². The van der Waals surface area contributed by atoms with Gasteiger partial charge in [0.25, 0.3) is 5.91 Å². The summed E-state index contributed by atoms with van der Waals surface area (Å²) in [5, 5.41) is 3.33. The van der Waals surface area contributed by atoms with Crippen LogP contribution in [0.3, 0.4) is 0 Å². The van der Waals surface area contributed by atoms with Crippen LogP contribution in [0.25, 0.3) is 0 Å². The smallest absolute Gasteiger partial charge is 0.255 e. The summed E-state index contributed by atoms with van der Waals surface area (Å²) in [5.74, 6) is 0.852. The molecule has 0 aliphatic heterocycles. The highest BCUT2D eigenvalue weighted by molar-refractivity contribution is 6.30. The summed E-state index contributed by atoms with van der Waals surface area (Å²) in [4.78, 5) is 12.2. The summed E-state index contributed by atoms with van der Waals surface area (Å²) in [7, 11) is 3.07. The summed E-state index contributed by atoms with van der Waals surface area (Å²) >= 11 is 5.88. The molecule has 4 nitrogen and oxygen atoms in total. The summed E-state index contributed by atoms with van der Waals surface area (Å²) in [5.41, 5.74) is 1.07. The number of methoxy groups -OCH3 is 2. The Bertz CT molecular complexity index is 606. The van der Waals surface area contributed by atoms with Gasteiger partial charge in [-0.25, -0.2) is 0 Å². The Morgan fingerprint density at radius 3 is 2.25 bits per heavy atom. The minimum absolute atomic E-state index is 0.260. The van der Waals surface area contributed by atoms with Crippen molar-refractivity contribution in [1.82, 2.24) is 0 Å². The van der Waals surface area contributed by atoms with Gasteiger partial charge in [-0.3, -0.25) is 4.79 Å². The molecule has 0 aliphatic carbocycles. The first-order chi connectivity index (χ1) is 9.62. The zero-order valence-corrected chi connectivity index (χ0v) is 11.9. The van der Waals surface area contributed by atoms with Crippen LogP contribution in [0.15, 0.2) is 42.5 Å². The fraction of sp³-hybridized carbons (Fsp3) is 0.133. The maximum Gasteiger partial charge on any atom is 0.255 e. The van der Waals surface area contributed by atoms with Gasteiger partial charge in [0.2, 0.25) is 0 Å². The number of amides is 1. The maximum absolute atomic E-state index is 12.2. The molecule has 0 fully saturated rings. The molecule has 1 N–H and O–H groups in total. The second-order valence-corrected chi connectivity index (χ2v) is 4.50. The van der Waals surface area contributed by atoms with E-state index in [2.05, 4.69) is 5.32 Å². The number of rotatable bonds is 4. The Morgan fingerprint density at radius 1 is 1.05 bits per heavy atom. The van der Waals surface area contributed by atoms with Crippen LogP contribution in [0.5, 0.6) is 11.5 Å². The molecule has 0 saturated heterocycles. The highest BCUT2D eigenvalue weighted by Crippen LogP contribution is 2.23. The van der Waals surface area contributed by atoms with Crippen LogP contribution in [-0.2, 0) is 0 Å². The summed E-state index contributed by atoms with van der Waals surface area (Å²) in [6.07, 6.45) is 0. The van der Waals surface area contributed by atoms with Crippen molar-refractivity contribution in [3.05, 3.63) is 53.1 Å². The minimum atomic E-state index is -0.260. The standard InChI is InChI=1S/C15H14ClNO3/c1-19-13-6-10(7-14(9-13)20-2)15(18)17-12-5-3-4-11(16)8-12/h3-9H,1-2H3,(H,17,18). The van der Waals surface area contributed by atoms with Crippen molar-refractivity contribution < 1.29 is 14.3 Å². The van der Waals surface area contributed by atoms with Crippen molar-refractivity contribution in [1.29, 1.82) is 0 Å². The van der Waals surface area contributed by atoms with E-state index in [0.29, 0.717) is 27.8 Å². The van der Waals surface area contributed by atoms with Crippen molar-refractivity contribution in [2.75, 3.05) is 19.5 Å². The van der Waals surface area contributed by atoms with Gasteiger partial charge in [0, 0.05) is 22.3 Å². The highest BCUT2D eigenvalue weighted by atomic mass is 35.5. The first kappa shape index (κ1) is 14.2. The Hall–Kier alpha value is -2.20. The molecule has 2 aromatic rings. The molecule has 0 spiro atoms. The first-order valence-electron chi connectivity index (χ1n) is 5.92. The molecular weight excluding hydrogens is 278 g/mol. The van der Waals surface area contributed by atoms with Crippen molar-refractivity contribution >= 4 is 23.2 Å². The number of carbonyl (C=O) groups is 1. The van der Waals surface area contributed by atoms with Crippen molar-refractivity contribution in [3.63, 3.8) is 0 Å². The van der Waals surface area contributed by atoms with Crippen LogP contribution in [0.2, 0.25) is 5.02 Å². The minimum Gasteiger partial charge on any atom is -0.497 e. The molecule has 1 amide bonds. The predicted octanol–water partition coefficient (Wildman–Crippen LogP) is 3.61. The van der Waals surface area contributed by atoms with E-state index in [0.717, 1.165) is 0 Å². The van der Waals surface area contributed by atoms with Gasteiger partial charge < -0.3 is 14.8 Å². The number of nitrogens with one attached hydrogen (secondary N) is 1. The lowest BCUT2D eigenvalue weighted by Crippen LogP contribution is -2.12. The molecule has 0 atom stereocenters. The van der Waals surface area contributed by atoms with E-state index in [-0.39, 0.29) is 5.91 Å². The van der Waals surface area contributed by atoms with Gasteiger partial charge in [-0.05, 0) is 30.3 Å². The zero-order chi connectivity index (χ0) is 14.5. The number of hydrogen-bond acceptors (Lipinski definition) is 3.